The van der Waals surface area contributed by atoms with E-state index in [0.29, 0.717) is 6.54 Å². The smallest absolute Gasteiger partial charge is 0.142 e. The van der Waals surface area contributed by atoms with E-state index in [1.807, 2.05) is 32.5 Å². The number of aromatic nitrogens is 4. The second-order valence-electron chi connectivity index (χ2n) is 6.72. The number of H-pyrrole nitrogens is 1. The Bertz CT molecular complexity index is 1100. The molecular weight excluding hydrogens is 402 g/mol. The SMILES string of the molecule is CCCC(C)=O.CNCc1nc(-c2ccc3ncsc3c2)c(-c2nc(C)cs2)[nH]1. The van der Waals surface area contributed by atoms with Crippen LogP contribution in [0.5, 0.6) is 0 Å². The highest BCUT2D eigenvalue weighted by Crippen LogP contribution is 2.34. The van der Waals surface area contributed by atoms with Gasteiger partial charge >= 0.3 is 0 Å². The minimum absolute atomic E-state index is 0.289. The number of Topliss-reactive ketones (excluding diaryl/α,β-unsaturated/α-hetero) is 1. The lowest BCUT2D eigenvalue weighted by Crippen LogP contribution is -2.06. The molecule has 8 heteroatoms. The van der Waals surface area contributed by atoms with Crippen LogP contribution in [-0.4, -0.2) is 32.8 Å². The number of carbonyl (C=O) groups is 1. The lowest BCUT2D eigenvalue weighted by molar-refractivity contribution is -0.117. The maximum atomic E-state index is 10.0. The van der Waals surface area contributed by atoms with Crippen molar-refractivity contribution in [1.82, 2.24) is 25.3 Å². The average molecular weight is 428 g/mol. The Hall–Kier alpha value is -2.42. The molecule has 2 N–H and O–H groups in total. The molecule has 6 nitrogen and oxygen atoms in total. The molecule has 0 fully saturated rings. The number of hydrogen-bond donors (Lipinski definition) is 2. The van der Waals surface area contributed by atoms with Crippen LogP contribution in [0.3, 0.4) is 0 Å². The molecule has 3 heterocycles. The van der Waals surface area contributed by atoms with Crippen molar-refractivity contribution in [3.63, 3.8) is 0 Å². The van der Waals surface area contributed by atoms with Crippen LogP contribution in [0.4, 0.5) is 0 Å². The van der Waals surface area contributed by atoms with E-state index in [-0.39, 0.29) is 5.78 Å². The van der Waals surface area contributed by atoms with Crippen molar-refractivity contribution < 1.29 is 4.79 Å². The van der Waals surface area contributed by atoms with E-state index in [1.54, 1.807) is 29.6 Å². The molecule has 152 valence electrons. The van der Waals surface area contributed by atoms with Gasteiger partial charge in [-0.25, -0.2) is 15.0 Å². The zero-order valence-electron chi connectivity index (χ0n) is 17.1. The van der Waals surface area contributed by atoms with Crippen molar-refractivity contribution in [2.75, 3.05) is 7.05 Å². The van der Waals surface area contributed by atoms with E-state index in [1.165, 1.54) is 4.70 Å². The summed E-state index contributed by atoms with van der Waals surface area (Å²) in [6, 6.07) is 6.27. The topological polar surface area (TPSA) is 83.6 Å². The molecule has 0 saturated carbocycles. The number of aryl methyl sites for hydroxylation is 1. The third-order valence-corrected chi connectivity index (χ3v) is 5.91. The number of ketones is 1. The van der Waals surface area contributed by atoms with Crippen molar-refractivity contribution >= 4 is 38.7 Å². The molecule has 0 radical (unpaired) electrons. The summed E-state index contributed by atoms with van der Waals surface area (Å²) in [4.78, 5) is 27.2. The Balaban J connectivity index is 0.000000353. The van der Waals surface area contributed by atoms with E-state index >= 15 is 0 Å². The van der Waals surface area contributed by atoms with Gasteiger partial charge in [0.05, 0.1) is 28.0 Å². The third-order valence-electron chi connectivity index (χ3n) is 4.14. The number of nitrogens with zero attached hydrogens (tertiary/aromatic N) is 3. The lowest BCUT2D eigenvalue weighted by atomic mass is 10.1. The first kappa shape index (κ1) is 21.3. The second kappa shape index (κ2) is 9.87. The van der Waals surface area contributed by atoms with E-state index < -0.39 is 0 Å². The number of imidazole rings is 1. The Morgan fingerprint density at radius 3 is 2.69 bits per heavy atom. The van der Waals surface area contributed by atoms with Crippen LogP contribution in [0.1, 0.15) is 38.2 Å². The van der Waals surface area contributed by atoms with Gasteiger partial charge in [0.1, 0.15) is 22.3 Å². The highest BCUT2D eigenvalue weighted by atomic mass is 32.1. The highest BCUT2D eigenvalue weighted by Gasteiger charge is 2.17. The molecule has 0 unspecified atom stereocenters. The Morgan fingerprint density at radius 2 is 2.07 bits per heavy atom. The van der Waals surface area contributed by atoms with Crippen molar-refractivity contribution in [1.29, 1.82) is 0 Å². The van der Waals surface area contributed by atoms with E-state index in [4.69, 9.17) is 4.98 Å². The maximum absolute atomic E-state index is 10.0. The molecule has 4 rings (SSSR count). The number of thiazole rings is 2. The first-order valence-electron chi connectivity index (χ1n) is 9.50. The Kier molecular flexibility index (Phi) is 7.24. The number of aromatic amines is 1. The van der Waals surface area contributed by atoms with Crippen LogP contribution in [-0.2, 0) is 11.3 Å². The van der Waals surface area contributed by atoms with Gasteiger partial charge < -0.3 is 15.1 Å². The van der Waals surface area contributed by atoms with E-state index in [9.17, 15) is 4.79 Å². The van der Waals surface area contributed by atoms with E-state index in [0.717, 1.165) is 51.8 Å². The molecule has 0 aliphatic heterocycles. The van der Waals surface area contributed by atoms with Gasteiger partial charge in [0, 0.05) is 23.1 Å². The normalized spacial score (nSPS) is 10.8. The number of carbonyl (C=O) groups excluding carboxylic acids is 1. The fraction of sp³-hybridized carbons (Fsp3) is 0.333. The molecule has 0 amide bonds. The van der Waals surface area contributed by atoms with Crippen LogP contribution in [0.2, 0.25) is 0 Å². The van der Waals surface area contributed by atoms with Gasteiger partial charge in [-0.15, -0.1) is 22.7 Å². The monoisotopic (exact) mass is 427 g/mol. The predicted octanol–water partition coefficient (Wildman–Crippen LogP) is 5.21. The van der Waals surface area contributed by atoms with Crippen LogP contribution in [0.25, 0.3) is 32.2 Å². The van der Waals surface area contributed by atoms with Crippen molar-refractivity contribution in [2.45, 2.75) is 40.2 Å². The van der Waals surface area contributed by atoms with Crippen LogP contribution >= 0.6 is 22.7 Å². The summed E-state index contributed by atoms with van der Waals surface area (Å²) in [6.45, 7) is 6.32. The minimum atomic E-state index is 0.289. The molecule has 0 bridgehead atoms. The van der Waals surface area contributed by atoms with Gasteiger partial charge in [0.25, 0.3) is 0 Å². The number of fused-ring (bicyclic) bond motifs is 1. The summed E-state index contributed by atoms with van der Waals surface area (Å²) >= 11 is 3.28. The fourth-order valence-corrected chi connectivity index (χ4v) is 4.37. The summed E-state index contributed by atoms with van der Waals surface area (Å²) < 4.78 is 1.17. The summed E-state index contributed by atoms with van der Waals surface area (Å²) in [7, 11) is 1.92. The lowest BCUT2D eigenvalue weighted by Gasteiger charge is -2.00. The first-order chi connectivity index (χ1) is 14.0. The molecule has 0 spiro atoms. The number of benzene rings is 1. The van der Waals surface area contributed by atoms with Gasteiger partial charge in [-0.1, -0.05) is 13.0 Å². The maximum Gasteiger partial charge on any atom is 0.142 e. The third kappa shape index (κ3) is 5.35. The molecule has 0 saturated heterocycles. The summed E-state index contributed by atoms with van der Waals surface area (Å²) in [5.74, 6) is 1.20. The van der Waals surface area contributed by atoms with Crippen molar-refractivity contribution in [3.05, 3.63) is 40.6 Å². The quantitative estimate of drug-likeness (QED) is 0.441. The summed E-state index contributed by atoms with van der Waals surface area (Å²) in [6.07, 6.45) is 1.72. The summed E-state index contributed by atoms with van der Waals surface area (Å²) in [5, 5.41) is 6.17. The molecule has 0 aliphatic rings. The number of hydrogen-bond acceptors (Lipinski definition) is 7. The second-order valence-corrected chi connectivity index (χ2v) is 8.46. The summed E-state index contributed by atoms with van der Waals surface area (Å²) in [5.41, 5.74) is 6.94. The molecule has 3 aromatic heterocycles. The van der Waals surface area contributed by atoms with Crippen LogP contribution in [0, 0.1) is 6.92 Å². The molecule has 0 atom stereocenters. The van der Waals surface area contributed by atoms with Crippen molar-refractivity contribution in [3.8, 4) is 22.0 Å². The van der Waals surface area contributed by atoms with Crippen LogP contribution < -0.4 is 5.32 Å². The molecule has 1 aromatic carbocycles. The van der Waals surface area contributed by atoms with Gasteiger partial charge in [0.2, 0.25) is 0 Å². The fourth-order valence-electron chi connectivity index (χ4n) is 2.86. The number of nitrogens with one attached hydrogen (secondary N) is 2. The zero-order valence-corrected chi connectivity index (χ0v) is 18.7. The minimum Gasteiger partial charge on any atom is -0.338 e. The highest BCUT2D eigenvalue weighted by molar-refractivity contribution is 7.16. The average Bonchev–Trinajstić information content (AvgIpc) is 3.40. The Morgan fingerprint density at radius 1 is 1.24 bits per heavy atom. The first-order valence-corrected chi connectivity index (χ1v) is 11.3. The van der Waals surface area contributed by atoms with Gasteiger partial charge in [0.15, 0.2) is 0 Å². The Labute approximate surface area is 178 Å². The van der Waals surface area contributed by atoms with Crippen LogP contribution in [0.15, 0.2) is 29.1 Å². The largest absolute Gasteiger partial charge is 0.338 e. The van der Waals surface area contributed by atoms with Gasteiger partial charge in [-0.2, -0.15) is 0 Å². The molecule has 0 aliphatic carbocycles. The number of rotatable bonds is 6. The van der Waals surface area contributed by atoms with Crippen molar-refractivity contribution in [2.24, 2.45) is 0 Å². The molecular formula is C21H25N5OS2. The van der Waals surface area contributed by atoms with Gasteiger partial charge in [-0.05, 0) is 39.4 Å². The standard InChI is InChI=1S/C16H15N5S2.C5H10O/c1-9-7-22-16(19-9)15-14(20-13(21-15)6-17-2)10-3-4-11-12(5-10)23-8-18-11;1-3-4-5(2)6/h3-5,7-8,17H,6H2,1-2H3,(H,20,21);3-4H2,1-2H3. The van der Waals surface area contributed by atoms with Gasteiger partial charge in [-0.3, -0.25) is 0 Å². The molecule has 29 heavy (non-hydrogen) atoms. The van der Waals surface area contributed by atoms with E-state index in [2.05, 4.69) is 37.8 Å². The molecule has 4 aromatic rings. The zero-order chi connectivity index (χ0) is 20.8. The predicted molar refractivity (Wildman–Crippen MR) is 121 cm³/mol.